The molecule has 0 spiro atoms. The summed E-state index contributed by atoms with van der Waals surface area (Å²) in [7, 11) is 1.28. The Morgan fingerprint density at radius 1 is 1.02 bits per heavy atom. The van der Waals surface area contributed by atoms with Crippen molar-refractivity contribution in [1.29, 1.82) is 0 Å². The highest BCUT2D eigenvalue weighted by atomic mass is 19.3. The molecule has 1 saturated carbocycles. The number of fused-ring (bicyclic) bond motifs is 1. The van der Waals surface area contributed by atoms with Crippen LogP contribution in [0.25, 0.3) is 16.9 Å². The van der Waals surface area contributed by atoms with Crippen LogP contribution in [0.5, 0.6) is 0 Å². The van der Waals surface area contributed by atoms with Crippen LogP contribution in [0.4, 0.5) is 25.3 Å². The molecule has 4 heterocycles. The van der Waals surface area contributed by atoms with Crippen LogP contribution < -0.4 is 15.5 Å². The Kier molecular flexibility index (Phi) is 8.05. The van der Waals surface area contributed by atoms with Gasteiger partial charge < -0.3 is 29.9 Å². The SMILES string of the molecule is COC(=O)N[C@@H]1CCN([C@H]2CC[C@H](Nc3nc(N4CCOCC4)cc(-n4c(C(F)F)nc5ccccc54)n3)CC2)C1=O. The number of likely N-dealkylation sites (tertiary alicyclic amines) is 1. The standard InChI is InChI=1S/C28H34F2N8O4/c1-41-28(40)33-20-10-11-37(26(20)39)18-8-6-17(7-9-18)31-27-34-22(36-12-14-42-15-13-36)16-23(35-27)38-21-5-3-2-4-19(21)32-25(38)24(29)30/h2-5,16-18,20,24H,6-15H2,1H3,(H,33,40)(H,31,34,35)/t17-,18-,20-/m1/s1. The molecular weight excluding hydrogens is 550 g/mol. The normalized spacial score (nSPS) is 23.0. The van der Waals surface area contributed by atoms with Crippen molar-refractivity contribution in [3.63, 3.8) is 0 Å². The number of rotatable bonds is 7. The molecule has 2 saturated heterocycles. The highest BCUT2D eigenvalue weighted by Gasteiger charge is 2.38. The van der Waals surface area contributed by atoms with E-state index >= 15 is 0 Å². The first-order valence-corrected chi connectivity index (χ1v) is 14.3. The number of carbonyl (C=O) groups excluding carboxylic acids is 2. The van der Waals surface area contributed by atoms with Gasteiger partial charge in [0, 0.05) is 37.8 Å². The molecule has 224 valence electrons. The van der Waals surface area contributed by atoms with Gasteiger partial charge in [-0.25, -0.2) is 18.6 Å². The molecule has 14 heteroatoms. The van der Waals surface area contributed by atoms with E-state index < -0.39 is 18.6 Å². The van der Waals surface area contributed by atoms with Crippen LogP contribution in [0.1, 0.15) is 44.4 Å². The lowest BCUT2D eigenvalue weighted by Gasteiger charge is -2.35. The van der Waals surface area contributed by atoms with Gasteiger partial charge in [0.15, 0.2) is 5.82 Å². The number of aromatic nitrogens is 4. The maximum Gasteiger partial charge on any atom is 0.407 e. The van der Waals surface area contributed by atoms with Crippen molar-refractivity contribution in [3.05, 3.63) is 36.2 Å². The second-order valence-electron chi connectivity index (χ2n) is 10.8. The summed E-state index contributed by atoms with van der Waals surface area (Å²) >= 11 is 0. The third kappa shape index (κ3) is 5.67. The van der Waals surface area contributed by atoms with Gasteiger partial charge in [0.05, 0.1) is 31.4 Å². The first-order valence-electron chi connectivity index (χ1n) is 14.3. The fourth-order valence-corrected chi connectivity index (χ4v) is 6.10. The second-order valence-corrected chi connectivity index (χ2v) is 10.8. The molecule has 0 radical (unpaired) electrons. The number of nitrogens with one attached hydrogen (secondary N) is 2. The summed E-state index contributed by atoms with van der Waals surface area (Å²) in [5.41, 5.74) is 1.01. The summed E-state index contributed by atoms with van der Waals surface area (Å²) < 4.78 is 39.9. The van der Waals surface area contributed by atoms with Crippen molar-refractivity contribution in [3.8, 4) is 5.82 Å². The third-order valence-corrected chi connectivity index (χ3v) is 8.23. The predicted octanol–water partition coefficient (Wildman–Crippen LogP) is 3.27. The Morgan fingerprint density at radius 3 is 2.50 bits per heavy atom. The van der Waals surface area contributed by atoms with E-state index in [-0.39, 0.29) is 23.8 Å². The van der Waals surface area contributed by atoms with Gasteiger partial charge in [0.2, 0.25) is 11.9 Å². The minimum atomic E-state index is -2.79. The number of amides is 2. The van der Waals surface area contributed by atoms with Crippen LogP contribution in [-0.2, 0) is 14.3 Å². The van der Waals surface area contributed by atoms with Gasteiger partial charge in [-0.2, -0.15) is 9.97 Å². The Morgan fingerprint density at radius 2 is 1.76 bits per heavy atom. The number of benzene rings is 1. The average molecular weight is 585 g/mol. The zero-order chi connectivity index (χ0) is 29.2. The van der Waals surface area contributed by atoms with E-state index in [2.05, 4.69) is 25.3 Å². The fraction of sp³-hybridized carbons (Fsp3) is 0.536. The number of hydrogen-bond donors (Lipinski definition) is 2. The van der Waals surface area contributed by atoms with Gasteiger partial charge in [0.1, 0.15) is 17.7 Å². The van der Waals surface area contributed by atoms with E-state index in [9.17, 15) is 18.4 Å². The molecule has 3 fully saturated rings. The molecule has 6 rings (SSSR count). The highest BCUT2D eigenvalue weighted by Crippen LogP contribution is 2.31. The number of morpholine rings is 1. The zero-order valence-electron chi connectivity index (χ0n) is 23.3. The molecule has 2 aromatic heterocycles. The number of carbonyl (C=O) groups is 2. The van der Waals surface area contributed by atoms with Crippen molar-refractivity contribution in [2.75, 3.05) is 50.2 Å². The number of para-hydroxylation sites is 2. The number of anilines is 2. The van der Waals surface area contributed by atoms with Gasteiger partial charge in [0.25, 0.3) is 6.43 Å². The van der Waals surface area contributed by atoms with Crippen molar-refractivity contribution >= 4 is 34.8 Å². The van der Waals surface area contributed by atoms with E-state index in [1.807, 2.05) is 4.90 Å². The third-order valence-electron chi connectivity index (χ3n) is 8.23. The van der Waals surface area contributed by atoms with E-state index in [1.54, 1.807) is 30.3 Å². The van der Waals surface area contributed by atoms with Crippen LogP contribution in [0.15, 0.2) is 30.3 Å². The Balaban J connectivity index is 1.22. The molecule has 2 amide bonds. The van der Waals surface area contributed by atoms with Crippen molar-refractivity contribution in [2.45, 2.75) is 56.7 Å². The van der Waals surface area contributed by atoms with Gasteiger partial charge in [-0.1, -0.05) is 12.1 Å². The zero-order valence-corrected chi connectivity index (χ0v) is 23.3. The number of halogens is 2. The number of imidazole rings is 1. The molecule has 3 aliphatic rings. The highest BCUT2D eigenvalue weighted by molar-refractivity contribution is 5.87. The molecule has 2 N–H and O–H groups in total. The minimum absolute atomic E-state index is 0.0461. The molecule has 0 bridgehead atoms. The fourth-order valence-electron chi connectivity index (χ4n) is 6.10. The number of alkyl halides is 2. The quantitative estimate of drug-likeness (QED) is 0.430. The molecule has 12 nitrogen and oxygen atoms in total. The number of methoxy groups -OCH3 is 1. The van der Waals surface area contributed by atoms with E-state index in [0.29, 0.717) is 67.9 Å². The molecule has 2 aliphatic heterocycles. The Bertz CT molecular complexity index is 1440. The number of ether oxygens (including phenoxy) is 2. The van der Waals surface area contributed by atoms with Crippen LogP contribution >= 0.6 is 0 Å². The summed E-state index contributed by atoms with van der Waals surface area (Å²) in [5.74, 6) is 0.854. The van der Waals surface area contributed by atoms with Gasteiger partial charge in [-0.3, -0.25) is 9.36 Å². The van der Waals surface area contributed by atoms with Gasteiger partial charge >= 0.3 is 6.09 Å². The first-order chi connectivity index (χ1) is 20.4. The molecular formula is C28H34F2N8O4. The van der Waals surface area contributed by atoms with E-state index in [0.717, 1.165) is 25.7 Å². The lowest BCUT2D eigenvalue weighted by Crippen LogP contribution is -2.46. The predicted molar refractivity (Wildman–Crippen MR) is 150 cm³/mol. The molecule has 1 aliphatic carbocycles. The monoisotopic (exact) mass is 584 g/mol. The molecule has 3 aromatic rings. The largest absolute Gasteiger partial charge is 0.453 e. The Hall–Kier alpha value is -4.07. The molecule has 1 aromatic carbocycles. The summed E-state index contributed by atoms with van der Waals surface area (Å²) in [4.78, 5) is 42.1. The number of alkyl carbamates (subject to hydrolysis) is 1. The topological polar surface area (TPSA) is 127 Å². The van der Waals surface area contributed by atoms with Gasteiger partial charge in [-0.15, -0.1) is 0 Å². The molecule has 1 atom stereocenters. The maximum absolute atomic E-state index is 14.2. The Labute approximate surface area is 241 Å². The molecule has 42 heavy (non-hydrogen) atoms. The van der Waals surface area contributed by atoms with Crippen molar-refractivity contribution in [1.82, 2.24) is 29.7 Å². The average Bonchev–Trinajstić information content (AvgIpc) is 3.58. The van der Waals surface area contributed by atoms with Crippen molar-refractivity contribution < 1.29 is 27.8 Å². The smallest absolute Gasteiger partial charge is 0.407 e. The second kappa shape index (κ2) is 12.0. The molecule has 0 unspecified atom stereocenters. The minimum Gasteiger partial charge on any atom is -0.453 e. The summed E-state index contributed by atoms with van der Waals surface area (Å²) in [6.07, 6.45) is 0.284. The summed E-state index contributed by atoms with van der Waals surface area (Å²) in [5, 5.41) is 6.06. The van der Waals surface area contributed by atoms with Crippen LogP contribution in [-0.4, -0.2) is 94.5 Å². The van der Waals surface area contributed by atoms with E-state index in [1.165, 1.54) is 11.7 Å². The van der Waals surface area contributed by atoms with Crippen LogP contribution in [0, 0.1) is 0 Å². The summed E-state index contributed by atoms with van der Waals surface area (Å²) in [6, 6.07) is 8.32. The van der Waals surface area contributed by atoms with Gasteiger partial charge in [-0.05, 0) is 44.2 Å². The van der Waals surface area contributed by atoms with Crippen molar-refractivity contribution in [2.24, 2.45) is 0 Å². The van der Waals surface area contributed by atoms with Crippen LogP contribution in [0.3, 0.4) is 0 Å². The lowest BCUT2D eigenvalue weighted by molar-refractivity contribution is -0.131. The number of hydrogen-bond acceptors (Lipinski definition) is 9. The van der Waals surface area contributed by atoms with Crippen LogP contribution in [0.2, 0.25) is 0 Å². The lowest BCUT2D eigenvalue weighted by atomic mass is 9.90. The van der Waals surface area contributed by atoms with E-state index in [4.69, 9.17) is 14.7 Å². The maximum atomic E-state index is 14.2. The number of nitrogens with zero attached hydrogens (tertiary/aromatic N) is 6. The first kappa shape index (κ1) is 28.1. The summed E-state index contributed by atoms with van der Waals surface area (Å²) in [6.45, 7) is 2.95.